The Morgan fingerprint density at radius 1 is 0.229 bits per heavy atom. The Morgan fingerprint density at radius 2 is 0.597 bits per heavy atom. The van der Waals surface area contributed by atoms with E-state index in [1.165, 1.54) is 0 Å². The SMILES string of the molecule is [2H]c1c([2H])c([2H])c2c(c1[2H])c1c([2H])c(-c3cccc(-c4ccccc4)c3)c([2H])c([2H])c1n2-c1ccc2c(c1)N(c1c(-c3ccccc3)cc(C(C)(C)C)cc1-c1ccccc1)c1cc(-c3ccc4oc5ccccc5c4c3)cc3c1B2c1ccc(-n2c4c([2H])c([2H])c([2H])c([2H])c4c4c([2H])c(-c5cccc(-c6ccccc6)c5)c([2H])c([2H])c42)cc1N3c1c(-c2cc3ccccc3c3ccccc23)cc(C(C)(C)C)cc1-c1cc2ccccc2c2ccccc12. The molecule has 144 heavy (non-hydrogen) atoms. The Bertz CT molecular complexity index is 10600. The van der Waals surface area contributed by atoms with Gasteiger partial charge in [0.15, 0.2) is 0 Å². The number of aromatic nitrogens is 2. The number of hydrogen-bond donors (Lipinski definition) is 0. The zero-order valence-electron chi connectivity index (χ0n) is 93.8. The van der Waals surface area contributed by atoms with E-state index in [9.17, 15) is 19.2 Å². The lowest BCUT2D eigenvalue weighted by atomic mass is 9.33. The highest BCUT2D eigenvalue weighted by atomic mass is 16.3. The first-order valence-electron chi connectivity index (χ1n) is 56.2. The smallest absolute Gasteiger partial charge is 0.252 e. The van der Waals surface area contributed by atoms with Gasteiger partial charge in [0.05, 0.1) is 52.6 Å². The highest BCUT2D eigenvalue weighted by Gasteiger charge is 2.47. The van der Waals surface area contributed by atoms with Crippen molar-refractivity contribution in [2.75, 3.05) is 9.80 Å². The van der Waals surface area contributed by atoms with E-state index in [2.05, 4.69) is 288 Å². The van der Waals surface area contributed by atoms with Crippen LogP contribution in [0.1, 0.15) is 71.9 Å². The number of anilines is 6. The summed E-state index contributed by atoms with van der Waals surface area (Å²) in [6.07, 6.45) is 0. The second-order valence-corrected chi connectivity index (χ2v) is 40.2. The van der Waals surface area contributed by atoms with Gasteiger partial charge in [-0.1, -0.05) is 381 Å². The maximum atomic E-state index is 10.9. The normalized spacial score (nSPS) is 14.0. The Hall–Kier alpha value is -17.8. The molecule has 3 aromatic heterocycles. The molecule has 0 unspecified atom stereocenters. The fourth-order valence-corrected chi connectivity index (χ4v) is 22.9. The van der Waals surface area contributed by atoms with Crippen LogP contribution >= 0.6 is 0 Å². The molecule has 0 fully saturated rings. The lowest BCUT2D eigenvalue weighted by molar-refractivity contribution is 0.590. The summed E-state index contributed by atoms with van der Waals surface area (Å²) in [6.45, 7) is 12.6. The zero-order chi connectivity index (χ0) is 108. The van der Waals surface area contributed by atoms with Crippen molar-refractivity contribution in [1.29, 1.82) is 0 Å². The molecule has 23 aromatic carbocycles. The standard InChI is InChI=1S/C138H97BN4O/c1-137(2,3)100-80-113(88-39-15-9-16-40-88)135(114(81-100)89-41-17-10-18-42-89)142-128-84-102(140-124-58-30-27-55-110(124)117-73-94(61-68-126(117)140)92-47-33-45-90(71-92)86-35-11-7-12-36-86)64-66-122(128)139-123-67-65-103(141-125-59-31-28-56-111(125)118-74-95(62-69-127(118)141)93-48-34-46-91(72-93)87-37-13-8-14-38-87)85-129(123)143(131-79-99(78-130(142)134(131)139)96-63-70-133-119(75-96)112-57-29-32-60-132(112)144-133)136-120(115-76-97-43-19-21-49-104(97)106-51-23-25-53-108(106)115)82-101(138(4,5)6)83-121(136)116-77-98-44-20-22-50-105(98)107-52-24-26-54-109(107)116/h7-85H,1-6H3/i27D,28D,30D,31D,55D,56D,58D,59D,61D,62D,68D,69D,73D,74D. The van der Waals surface area contributed by atoms with E-state index in [1.807, 2.05) is 158 Å². The van der Waals surface area contributed by atoms with Crippen molar-refractivity contribution in [3.63, 3.8) is 0 Å². The van der Waals surface area contributed by atoms with Gasteiger partial charge in [-0.05, 0) is 299 Å². The topological polar surface area (TPSA) is 29.5 Å². The molecule has 5 heterocycles. The molecular weight excluding hydrogens is 1740 g/mol. The average molecular weight is 1850 g/mol. The van der Waals surface area contributed by atoms with Crippen LogP contribution < -0.4 is 26.2 Å². The van der Waals surface area contributed by atoms with Crippen molar-refractivity contribution in [2.45, 2.75) is 52.4 Å². The van der Waals surface area contributed by atoms with Gasteiger partial charge in [-0.15, -0.1) is 0 Å². The molecule has 0 N–H and O–H groups in total. The number of nitrogens with zero attached hydrogens (tertiary/aromatic N) is 4. The fraction of sp³-hybridized carbons (Fsp3) is 0.0580. The van der Waals surface area contributed by atoms with Gasteiger partial charge in [0.2, 0.25) is 0 Å². The minimum absolute atomic E-state index is 0.0000959. The summed E-state index contributed by atoms with van der Waals surface area (Å²) >= 11 is 0. The molecule has 0 spiro atoms. The third kappa shape index (κ3) is 13.6. The molecule has 28 rings (SSSR count). The van der Waals surface area contributed by atoms with E-state index in [-0.39, 0.29) is 91.0 Å². The van der Waals surface area contributed by atoms with Gasteiger partial charge in [0.1, 0.15) is 11.2 Å². The molecule has 0 aliphatic carbocycles. The van der Waals surface area contributed by atoms with E-state index in [0.29, 0.717) is 56.4 Å². The van der Waals surface area contributed by atoms with E-state index in [0.717, 1.165) is 171 Å². The molecule has 6 heteroatoms. The van der Waals surface area contributed by atoms with Crippen LogP contribution in [-0.4, -0.2) is 15.8 Å². The van der Waals surface area contributed by atoms with Gasteiger partial charge in [-0.2, -0.15) is 0 Å². The third-order valence-electron chi connectivity index (χ3n) is 29.8. The summed E-state index contributed by atoms with van der Waals surface area (Å²) in [5.41, 5.74) is 22.5. The van der Waals surface area contributed by atoms with Gasteiger partial charge in [-0.3, -0.25) is 0 Å². The number of hydrogen-bond acceptors (Lipinski definition) is 3. The summed E-state index contributed by atoms with van der Waals surface area (Å²) in [4.78, 5) is 4.87. The van der Waals surface area contributed by atoms with E-state index >= 15 is 0 Å². The monoisotopic (exact) mass is 1850 g/mol. The molecule has 0 radical (unpaired) electrons. The van der Waals surface area contributed by atoms with Crippen molar-refractivity contribution in [3.8, 4) is 112 Å². The van der Waals surface area contributed by atoms with Crippen LogP contribution in [0.15, 0.2) is 483 Å². The molecule has 5 nitrogen and oxygen atoms in total. The van der Waals surface area contributed by atoms with Crippen LogP contribution in [0.3, 0.4) is 0 Å². The van der Waals surface area contributed by atoms with Crippen LogP contribution in [0.2, 0.25) is 0 Å². The predicted octanol–water partition coefficient (Wildman–Crippen LogP) is 36.1. The summed E-state index contributed by atoms with van der Waals surface area (Å²) in [6, 6.07) is 130. The maximum absolute atomic E-state index is 10.9. The summed E-state index contributed by atoms with van der Waals surface area (Å²) < 4.78 is 156. The van der Waals surface area contributed by atoms with Crippen molar-refractivity contribution >= 4 is 166 Å². The van der Waals surface area contributed by atoms with Gasteiger partial charge >= 0.3 is 0 Å². The van der Waals surface area contributed by atoms with Gasteiger partial charge in [0, 0.05) is 88.7 Å². The van der Waals surface area contributed by atoms with E-state index in [1.54, 1.807) is 9.13 Å². The molecule has 0 amide bonds. The van der Waals surface area contributed by atoms with Gasteiger partial charge in [-0.25, -0.2) is 0 Å². The van der Waals surface area contributed by atoms with E-state index < -0.39 is 65.9 Å². The minimum Gasteiger partial charge on any atom is -0.456 e. The number of benzene rings is 23. The zero-order valence-corrected chi connectivity index (χ0v) is 79.8. The number of fused-ring (bicyclic) bond motifs is 19. The molecule has 0 atom stereocenters. The highest BCUT2D eigenvalue weighted by molar-refractivity contribution is 7.00. The van der Waals surface area contributed by atoms with Crippen LogP contribution in [0, 0.1) is 0 Å². The molecule has 678 valence electrons. The largest absolute Gasteiger partial charge is 0.456 e. The first kappa shape index (κ1) is 70.7. The Labute approximate surface area is 857 Å². The Morgan fingerprint density at radius 3 is 1.06 bits per heavy atom. The van der Waals surface area contributed by atoms with Crippen LogP contribution in [0.25, 0.3) is 220 Å². The quantitative estimate of drug-likeness (QED) is 0.0851. The molecule has 2 aliphatic rings. The van der Waals surface area contributed by atoms with E-state index in [4.69, 9.17) is 4.42 Å². The predicted molar refractivity (Wildman–Crippen MR) is 613 cm³/mol. The van der Waals surface area contributed by atoms with Crippen molar-refractivity contribution in [2.24, 2.45) is 0 Å². The van der Waals surface area contributed by atoms with Gasteiger partial charge in [0.25, 0.3) is 6.71 Å². The Balaban J connectivity index is 0.841. The summed E-state index contributed by atoms with van der Waals surface area (Å²) in [5.74, 6) is 0. The Kier molecular flexibility index (Phi) is 16.2. The average Bonchev–Trinajstić information content (AvgIpc) is 1.09. The molecule has 2 aliphatic heterocycles. The number of furan rings is 1. The number of para-hydroxylation sites is 3. The molecular formula is C138H97BN4O. The second kappa shape index (κ2) is 32.9. The summed E-state index contributed by atoms with van der Waals surface area (Å²) in [7, 11) is 0. The van der Waals surface area contributed by atoms with Crippen molar-refractivity contribution in [3.05, 3.63) is 490 Å². The third-order valence-corrected chi connectivity index (χ3v) is 29.8. The lowest BCUT2D eigenvalue weighted by Gasteiger charge is -2.46. The first-order chi connectivity index (χ1) is 76.5. The molecule has 0 saturated carbocycles. The van der Waals surface area contributed by atoms with Crippen LogP contribution in [0.5, 0.6) is 0 Å². The molecule has 26 aromatic rings. The molecule has 0 bridgehead atoms. The fourth-order valence-electron chi connectivity index (χ4n) is 22.9. The van der Waals surface area contributed by atoms with Crippen LogP contribution in [0.4, 0.5) is 34.1 Å². The van der Waals surface area contributed by atoms with Crippen molar-refractivity contribution < 1.29 is 23.6 Å². The van der Waals surface area contributed by atoms with Crippen molar-refractivity contribution in [1.82, 2.24) is 9.13 Å². The van der Waals surface area contributed by atoms with Gasteiger partial charge < -0.3 is 23.4 Å². The maximum Gasteiger partial charge on any atom is 0.252 e. The minimum atomic E-state index is -0.889. The highest BCUT2D eigenvalue weighted by Crippen LogP contribution is 2.59. The van der Waals surface area contributed by atoms with Crippen LogP contribution in [-0.2, 0) is 10.8 Å². The lowest BCUT2D eigenvalue weighted by Crippen LogP contribution is -2.61. The number of rotatable bonds is 13. The second-order valence-electron chi connectivity index (χ2n) is 40.2. The summed E-state index contributed by atoms with van der Waals surface area (Å²) in [5, 5.41) is 9.95. The first-order valence-corrected chi connectivity index (χ1v) is 49.2. The molecule has 0 saturated heterocycles.